The van der Waals surface area contributed by atoms with Crippen LogP contribution in [-0.2, 0) is 27.5 Å². The predicted octanol–water partition coefficient (Wildman–Crippen LogP) is -0.114. The Balaban J connectivity index is 1.79. The fraction of sp³-hybridized carbons (Fsp3) is 0.688. The van der Waals surface area contributed by atoms with Crippen molar-refractivity contribution in [3.8, 4) is 0 Å². The maximum Gasteiger partial charge on any atom is 0.328 e. The summed E-state index contributed by atoms with van der Waals surface area (Å²) in [5.74, 6) is -0.367. The number of carbonyl (C=O) groups is 3. The third-order valence-electron chi connectivity index (χ3n) is 4.77. The summed E-state index contributed by atoms with van der Waals surface area (Å²) in [6.45, 7) is 6.98. The summed E-state index contributed by atoms with van der Waals surface area (Å²) in [6, 6.07) is -0.969. The van der Waals surface area contributed by atoms with E-state index in [1.54, 1.807) is 16.4 Å². The number of aliphatic carboxylic acids is 1. The van der Waals surface area contributed by atoms with Crippen molar-refractivity contribution in [1.29, 1.82) is 0 Å². The van der Waals surface area contributed by atoms with Crippen molar-refractivity contribution in [3.63, 3.8) is 0 Å². The highest BCUT2D eigenvalue weighted by Gasteiger charge is 2.42. The number of likely N-dealkylation sites (tertiary alicyclic amines) is 1. The van der Waals surface area contributed by atoms with Gasteiger partial charge in [0.25, 0.3) is 0 Å². The number of carboxylic acid groups (broad SMARTS) is 1. The molecule has 2 aliphatic rings. The molecule has 0 aliphatic carbocycles. The number of carbonyl (C=O) groups excluding carboxylic acids is 2. The van der Waals surface area contributed by atoms with Crippen LogP contribution in [0.15, 0.2) is 0 Å². The van der Waals surface area contributed by atoms with Gasteiger partial charge in [-0.25, -0.2) is 4.79 Å². The molecule has 0 saturated carbocycles. The Morgan fingerprint density at radius 1 is 1.28 bits per heavy atom. The monoisotopic (exact) mass is 349 g/mol. The highest BCUT2D eigenvalue weighted by Crippen LogP contribution is 2.26. The maximum absolute atomic E-state index is 12.9. The summed E-state index contributed by atoms with van der Waals surface area (Å²) in [5.41, 5.74) is 0. The van der Waals surface area contributed by atoms with Crippen molar-refractivity contribution in [3.05, 3.63) is 11.6 Å². The van der Waals surface area contributed by atoms with Crippen LogP contribution in [0.25, 0.3) is 0 Å². The number of aromatic nitrogens is 3. The first-order chi connectivity index (χ1) is 11.8. The van der Waals surface area contributed by atoms with Gasteiger partial charge in [-0.15, -0.1) is 10.2 Å². The van der Waals surface area contributed by atoms with Gasteiger partial charge in [-0.05, 0) is 12.8 Å². The average molecular weight is 349 g/mol. The molecule has 0 aromatic carbocycles. The van der Waals surface area contributed by atoms with Crippen LogP contribution in [0.1, 0.15) is 31.9 Å². The molecular weight excluding hydrogens is 326 g/mol. The molecule has 3 rings (SSSR count). The second-order valence-electron chi connectivity index (χ2n) is 7.19. The molecule has 3 heterocycles. The Hall–Kier alpha value is -2.45. The van der Waals surface area contributed by atoms with E-state index in [-0.39, 0.29) is 31.3 Å². The van der Waals surface area contributed by atoms with Crippen LogP contribution in [0.2, 0.25) is 0 Å². The standard InChI is InChI=1S/C16H23N5O4/c1-9(2)5-19-6-11(4-14(19)22)15(23)21-8-13-18-17-10(3)20(13)7-12(21)16(24)25/h9,11-12H,4-8H2,1-3H3,(H,24,25). The molecule has 2 atom stereocenters. The molecule has 1 saturated heterocycles. The lowest BCUT2D eigenvalue weighted by molar-refractivity contribution is -0.154. The van der Waals surface area contributed by atoms with E-state index < -0.39 is 17.9 Å². The number of hydrogen-bond acceptors (Lipinski definition) is 5. The third kappa shape index (κ3) is 3.22. The van der Waals surface area contributed by atoms with E-state index in [1.807, 2.05) is 13.8 Å². The Labute approximate surface area is 145 Å². The Morgan fingerprint density at radius 3 is 2.64 bits per heavy atom. The van der Waals surface area contributed by atoms with Gasteiger partial charge in [0.1, 0.15) is 11.9 Å². The van der Waals surface area contributed by atoms with Crippen LogP contribution in [0.4, 0.5) is 0 Å². The van der Waals surface area contributed by atoms with Crippen molar-refractivity contribution in [1.82, 2.24) is 24.6 Å². The number of rotatable bonds is 4. The van der Waals surface area contributed by atoms with Gasteiger partial charge in [-0.2, -0.15) is 0 Å². The van der Waals surface area contributed by atoms with Crippen LogP contribution in [0, 0.1) is 18.8 Å². The maximum atomic E-state index is 12.9. The molecule has 1 fully saturated rings. The quantitative estimate of drug-likeness (QED) is 0.812. The molecule has 9 heteroatoms. The van der Waals surface area contributed by atoms with E-state index >= 15 is 0 Å². The van der Waals surface area contributed by atoms with Crippen LogP contribution in [0.3, 0.4) is 0 Å². The minimum atomic E-state index is -1.06. The molecule has 2 aliphatic heterocycles. The molecule has 1 N–H and O–H groups in total. The van der Waals surface area contributed by atoms with E-state index in [0.717, 1.165) is 0 Å². The van der Waals surface area contributed by atoms with Crippen molar-refractivity contribution < 1.29 is 19.5 Å². The van der Waals surface area contributed by atoms with E-state index in [2.05, 4.69) is 10.2 Å². The van der Waals surface area contributed by atoms with E-state index in [1.165, 1.54) is 4.90 Å². The summed E-state index contributed by atoms with van der Waals surface area (Å²) in [4.78, 5) is 39.8. The highest BCUT2D eigenvalue weighted by atomic mass is 16.4. The molecule has 0 spiro atoms. The first kappa shape index (κ1) is 17.4. The molecule has 136 valence electrons. The molecule has 2 unspecified atom stereocenters. The number of nitrogens with zero attached hydrogens (tertiary/aromatic N) is 5. The molecular formula is C16H23N5O4. The number of aryl methyl sites for hydroxylation is 1. The smallest absolute Gasteiger partial charge is 0.328 e. The van der Waals surface area contributed by atoms with Gasteiger partial charge < -0.3 is 19.5 Å². The number of hydrogen-bond donors (Lipinski definition) is 1. The van der Waals surface area contributed by atoms with Crippen molar-refractivity contribution >= 4 is 17.8 Å². The first-order valence-electron chi connectivity index (χ1n) is 8.47. The fourth-order valence-corrected chi connectivity index (χ4v) is 3.55. The van der Waals surface area contributed by atoms with Crippen LogP contribution < -0.4 is 0 Å². The zero-order chi connectivity index (χ0) is 18.3. The second kappa shape index (κ2) is 6.45. The Kier molecular flexibility index (Phi) is 4.49. The summed E-state index contributed by atoms with van der Waals surface area (Å²) in [6.07, 6.45) is 0.139. The molecule has 25 heavy (non-hydrogen) atoms. The minimum absolute atomic E-state index is 0.0463. The molecule has 1 aromatic rings. The zero-order valence-electron chi connectivity index (χ0n) is 14.7. The summed E-state index contributed by atoms with van der Waals surface area (Å²) >= 11 is 0. The molecule has 0 bridgehead atoms. The normalized spacial score (nSPS) is 23.3. The third-order valence-corrected chi connectivity index (χ3v) is 4.77. The van der Waals surface area contributed by atoms with E-state index in [9.17, 15) is 19.5 Å². The predicted molar refractivity (Wildman–Crippen MR) is 86.3 cm³/mol. The molecule has 0 radical (unpaired) electrons. The second-order valence-corrected chi connectivity index (χ2v) is 7.19. The number of amides is 2. The van der Waals surface area contributed by atoms with Crippen molar-refractivity contribution in [2.45, 2.75) is 46.3 Å². The van der Waals surface area contributed by atoms with Crippen molar-refractivity contribution in [2.75, 3.05) is 13.1 Å². The van der Waals surface area contributed by atoms with Crippen LogP contribution in [-0.4, -0.2) is 66.6 Å². The van der Waals surface area contributed by atoms with Crippen LogP contribution in [0.5, 0.6) is 0 Å². The zero-order valence-corrected chi connectivity index (χ0v) is 14.7. The molecule has 1 aromatic heterocycles. The highest BCUT2D eigenvalue weighted by molar-refractivity contribution is 5.91. The van der Waals surface area contributed by atoms with Crippen molar-refractivity contribution in [2.24, 2.45) is 11.8 Å². The average Bonchev–Trinajstić information content (AvgIpc) is 3.08. The SMILES string of the molecule is Cc1nnc2n1CC(C(=O)O)N(C(=O)C1CC(=O)N(CC(C)C)C1)C2. The van der Waals surface area contributed by atoms with Gasteiger partial charge in [-0.3, -0.25) is 9.59 Å². The fourth-order valence-electron chi connectivity index (χ4n) is 3.55. The lowest BCUT2D eigenvalue weighted by Gasteiger charge is -2.35. The minimum Gasteiger partial charge on any atom is -0.480 e. The summed E-state index contributed by atoms with van der Waals surface area (Å²) in [7, 11) is 0. The number of carboxylic acids is 1. The van der Waals surface area contributed by atoms with Gasteiger partial charge in [0.05, 0.1) is 19.0 Å². The van der Waals surface area contributed by atoms with Gasteiger partial charge in [0, 0.05) is 19.5 Å². The lowest BCUT2D eigenvalue weighted by Crippen LogP contribution is -2.52. The first-order valence-corrected chi connectivity index (χ1v) is 8.47. The van der Waals surface area contributed by atoms with Gasteiger partial charge in [0.15, 0.2) is 5.82 Å². The Morgan fingerprint density at radius 2 is 2.00 bits per heavy atom. The topological polar surface area (TPSA) is 109 Å². The summed E-state index contributed by atoms with van der Waals surface area (Å²) in [5, 5.41) is 17.5. The molecule has 9 nitrogen and oxygen atoms in total. The van der Waals surface area contributed by atoms with E-state index in [0.29, 0.717) is 30.7 Å². The Bertz CT molecular complexity index is 713. The van der Waals surface area contributed by atoms with Gasteiger partial charge in [0.2, 0.25) is 11.8 Å². The van der Waals surface area contributed by atoms with Gasteiger partial charge >= 0.3 is 5.97 Å². The largest absolute Gasteiger partial charge is 0.480 e. The van der Waals surface area contributed by atoms with Gasteiger partial charge in [-0.1, -0.05) is 13.8 Å². The number of fused-ring (bicyclic) bond motifs is 1. The lowest BCUT2D eigenvalue weighted by atomic mass is 10.0. The summed E-state index contributed by atoms with van der Waals surface area (Å²) < 4.78 is 1.73. The molecule has 2 amide bonds. The van der Waals surface area contributed by atoms with E-state index in [4.69, 9.17) is 0 Å². The van der Waals surface area contributed by atoms with Crippen LogP contribution >= 0.6 is 0 Å².